The molecule has 12 heteroatoms. The number of rotatable bonds is 8. The molecule has 1 saturated heterocycles. The summed E-state index contributed by atoms with van der Waals surface area (Å²) < 4.78 is 50.9. The smallest absolute Gasteiger partial charge is 0.467 e. The van der Waals surface area contributed by atoms with Gasteiger partial charge in [-0.15, -0.1) is 13.2 Å². The number of hydrogen-bond donors (Lipinski definition) is 1. The summed E-state index contributed by atoms with van der Waals surface area (Å²) in [5, 5.41) is 3.19. The molecule has 0 unspecified atom stereocenters. The van der Waals surface area contributed by atoms with E-state index >= 15 is 0 Å². The van der Waals surface area contributed by atoms with Crippen LogP contribution in [0.15, 0.2) is 30.3 Å². The Kier molecular flexibility index (Phi) is 8.01. The molecule has 0 spiro atoms. The molecule has 3 rings (SSSR count). The second-order valence-electron chi connectivity index (χ2n) is 7.14. The molecule has 1 fully saturated rings. The number of carbonyl (C=O) groups is 1. The molecule has 1 aliphatic heterocycles. The Morgan fingerprint density at radius 3 is 2.42 bits per heavy atom. The van der Waals surface area contributed by atoms with Crippen LogP contribution in [0.2, 0.25) is 0 Å². The lowest BCUT2D eigenvalue weighted by atomic mass is 10.1. The van der Waals surface area contributed by atoms with Crippen molar-refractivity contribution in [1.82, 2.24) is 14.9 Å². The Morgan fingerprint density at radius 2 is 1.82 bits per heavy atom. The van der Waals surface area contributed by atoms with E-state index in [0.29, 0.717) is 57.4 Å². The Labute approximate surface area is 189 Å². The number of ether oxygens (including phenoxy) is 3. The minimum absolute atomic E-state index is 0.205. The molecule has 0 saturated carbocycles. The summed E-state index contributed by atoms with van der Waals surface area (Å²) in [4.78, 5) is 24.3. The zero-order valence-electron chi connectivity index (χ0n) is 18.4. The molecule has 1 aliphatic rings. The zero-order chi connectivity index (χ0) is 23.8. The molecular weight excluding hydrogens is 443 g/mol. The average Bonchev–Trinajstić information content (AvgIpc) is 2.79. The number of aromatic nitrogens is 2. The number of piperazine rings is 1. The first-order valence-electron chi connectivity index (χ1n) is 10.5. The third-order valence-corrected chi connectivity index (χ3v) is 4.88. The molecule has 2 heterocycles. The van der Waals surface area contributed by atoms with E-state index in [1.165, 1.54) is 19.2 Å². The SMILES string of the molecule is CCOC(=O)N1CCN(c2cc(NCCc3ccc(OC(F)(F)F)cc3)nc(OC)n2)CC1. The van der Waals surface area contributed by atoms with Gasteiger partial charge in [0, 0.05) is 38.8 Å². The van der Waals surface area contributed by atoms with E-state index in [1.54, 1.807) is 30.0 Å². The van der Waals surface area contributed by atoms with Crippen LogP contribution in [0.25, 0.3) is 0 Å². The quantitative estimate of drug-likeness (QED) is 0.630. The van der Waals surface area contributed by atoms with Gasteiger partial charge in [-0.1, -0.05) is 12.1 Å². The van der Waals surface area contributed by atoms with Crippen LogP contribution < -0.4 is 19.7 Å². The number of benzene rings is 1. The maximum atomic E-state index is 12.3. The normalized spacial score (nSPS) is 14.1. The van der Waals surface area contributed by atoms with E-state index < -0.39 is 6.36 Å². The van der Waals surface area contributed by atoms with Crippen molar-refractivity contribution in [2.24, 2.45) is 0 Å². The first-order chi connectivity index (χ1) is 15.8. The highest BCUT2D eigenvalue weighted by Crippen LogP contribution is 2.23. The van der Waals surface area contributed by atoms with E-state index in [2.05, 4.69) is 20.0 Å². The van der Waals surface area contributed by atoms with Crippen molar-refractivity contribution in [3.05, 3.63) is 35.9 Å². The van der Waals surface area contributed by atoms with Crippen LogP contribution in [-0.2, 0) is 11.2 Å². The van der Waals surface area contributed by atoms with Crippen LogP contribution >= 0.6 is 0 Å². The second kappa shape index (κ2) is 10.9. The van der Waals surface area contributed by atoms with Crippen molar-refractivity contribution in [2.75, 3.05) is 56.7 Å². The minimum Gasteiger partial charge on any atom is -0.467 e. The first-order valence-corrected chi connectivity index (χ1v) is 10.5. The molecule has 33 heavy (non-hydrogen) atoms. The summed E-state index contributed by atoms with van der Waals surface area (Å²) in [6, 6.07) is 7.73. The molecule has 0 radical (unpaired) electrons. The second-order valence-corrected chi connectivity index (χ2v) is 7.14. The predicted octanol–water partition coefficient (Wildman–Crippen LogP) is 3.32. The summed E-state index contributed by atoms with van der Waals surface area (Å²) in [5.41, 5.74) is 0.841. The molecular formula is C21H26F3N5O4. The zero-order valence-corrected chi connectivity index (χ0v) is 18.4. The van der Waals surface area contributed by atoms with Crippen LogP contribution in [0.3, 0.4) is 0 Å². The van der Waals surface area contributed by atoms with Crippen LogP contribution in [-0.4, -0.2) is 73.8 Å². The van der Waals surface area contributed by atoms with Crippen molar-refractivity contribution < 1.29 is 32.2 Å². The number of nitrogens with one attached hydrogen (secondary N) is 1. The monoisotopic (exact) mass is 469 g/mol. The van der Waals surface area contributed by atoms with Gasteiger partial charge in [-0.05, 0) is 31.0 Å². The number of anilines is 2. The van der Waals surface area contributed by atoms with E-state index in [0.717, 1.165) is 5.56 Å². The molecule has 1 aromatic carbocycles. The number of nitrogens with zero attached hydrogens (tertiary/aromatic N) is 4. The number of methoxy groups -OCH3 is 1. The lowest BCUT2D eigenvalue weighted by Gasteiger charge is -2.34. The molecule has 1 N–H and O–H groups in total. The summed E-state index contributed by atoms with van der Waals surface area (Å²) in [5.74, 6) is 0.968. The van der Waals surface area contributed by atoms with E-state index in [-0.39, 0.29) is 17.9 Å². The molecule has 0 atom stereocenters. The molecule has 0 aliphatic carbocycles. The third-order valence-electron chi connectivity index (χ3n) is 4.88. The standard InChI is InChI=1S/C21H26F3N5O4/c1-3-32-20(30)29-12-10-28(11-13-29)18-14-17(26-19(27-18)31-2)25-9-8-15-4-6-16(7-5-15)33-21(22,23)24/h4-7,14H,3,8-13H2,1-2H3,(H,25,26,27). The molecule has 180 valence electrons. The fourth-order valence-corrected chi connectivity index (χ4v) is 3.28. The van der Waals surface area contributed by atoms with Crippen molar-refractivity contribution in [3.63, 3.8) is 0 Å². The van der Waals surface area contributed by atoms with E-state index in [9.17, 15) is 18.0 Å². The fraction of sp³-hybridized carbons (Fsp3) is 0.476. The summed E-state index contributed by atoms with van der Waals surface area (Å²) in [7, 11) is 1.48. The van der Waals surface area contributed by atoms with Crippen LogP contribution in [0.4, 0.5) is 29.6 Å². The summed E-state index contributed by atoms with van der Waals surface area (Å²) in [6.07, 6.45) is -4.47. The molecule has 0 bridgehead atoms. The van der Waals surface area contributed by atoms with Gasteiger partial charge in [-0.25, -0.2) is 4.79 Å². The number of hydrogen-bond acceptors (Lipinski definition) is 8. The Hall–Kier alpha value is -3.44. The average molecular weight is 469 g/mol. The molecule has 2 aromatic rings. The first kappa shape index (κ1) is 24.2. The Morgan fingerprint density at radius 1 is 1.12 bits per heavy atom. The maximum absolute atomic E-state index is 12.3. The van der Waals surface area contributed by atoms with Crippen molar-refractivity contribution in [1.29, 1.82) is 0 Å². The van der Waals surface area contributed by atoms with Gasteiger partial charge in [0.1, 0.15) is 17.4 Å². The lowest BCUT2D eigenvalue weighted by Crippen LogP contribution is -2.49. The minimum atomic E-state index is -4.71. The van der Waals surface area contributed by atoms with Gasteiger partial charge >= 0.3 is 18.5 Å². The summed E-state index contributed by atoms with van der Waals surface area (Å²) in [6.45, 7) is 4.81. The topological polar surface area (TPSA) is 89.1 Å². The van der Waals surface area contributed by atoms with E-state index in [4.69, 9.17) is 9.47 Å². The van der Waals surface area contributed by atoms with Crippen LogP contribution in [0, 0.1) is 0 Å². The van der Waals surface area contributed by atoms with Gasteiger partial charge in [-0.2, -0.15) is 9.97 Å². The molecule has 1 amide bonds. The number of amides is 1. The van der Waals surface area contributed by atoms with Crippen molar-refractivity contribution in [3.8, 4) is 11.8 Å². The van der Waals surface area contributed by atoms with E-state index in [1.807, 2.05) is 4.90 Å². The van der Waals surface area contributed by atoms with Gasteiger partial charge in [-0.3, -0.25) is 0 Å². The predicted molar refractivity (Wildman–Crippen MR) is 115 cm³/mol. The highest BCUT2D eigenvalue weighted by molar-refractivity contribution is 5.68. The van der Waals surface area contributed by atoms with Crippen LogP contribution in [0.5, 0.6) is 11.8 Å². The third kappa shape index (κ3) is 7.29. The van der Waals surface area contributed by atoms with Crippen molar-refractivity contribution in [2.45, 2.75) is 19.7 Å². The summed E-state index contributed by atoms with van der Waals surface area (Å²) >= 11 is 0. The highest BCUT2D eigenvalue weighted by atomic mass is 19.4. The van der Waals surface area contributed by atoms with Gasteiger partial charge in [0.15, 0.2) is 0 Å². The lowest BCUT2D eigenvalue weighted by molar-refractivity contribution is -0.274. The Bertz CT molecular complexity index is 919. The van der Waals surface area contributed by atoms with Gasteiger partial charge < -0.3 is 29.3 Å². The van der Waals surface area contributed by atoms with Gasteiger partial charge in [0.05, 0.1) is 13.7 Å². The maximum Gasteiger partial charge on any atom is 0.573 e. The Balaban J connectivity index is 1.56. The number of alkyl halides is 3. The van der Waals surface area contributed by atoms with Crippen LogP contribution in [0.1, 0.15) is 12.5 Å². The fourth-order valence-electron chi connectivity index (χ4n) is 3.28. The van der Waals surface area contributed by atoms with Gasteiger partial charge in [0.25, 0.3) is 0 Å². The number of carbonyl (C=O) groups excluding carboxylic acids is 1. The van der Waals surface area contributed by atoms with Gasteiger partial charge in [0.2, 0.25) is 0 Å². The number of halogens is 3. The molecule has 9 nitrogen and oxygen atoms in total. The molecule has 1 aromatic heterocycles. The van der Waals surface area contributed by atoms with Crippen molar-refractivity contribution >= 4 is 17.7 Å². The highest BCUT2D eigenvalue weighted by Gasteiger charge is 2.31. The largest absolute Gasteiger partial charge is 0.573 e.